The number of ether oxygens (including phenoxy) is 1. The summed E-state index contributed by atoms with van der Waals surface area (Å²) in [6, 6.07) is 6.14. The Morgan fingerprint density at radius 1 is 1.15 bits per heavy atom. The number of carbonyl (C=O) groups excluding carboxylic acids is 2. The topological polar surface area (TPSA) is 124 Å². The number of rotatable bonds is 10. The highest BCUT2D eigenvalue weighted by Crippen LogP contribution is 2.33. The van der Waals surface area contributed by atoms with Crippen LogP contribution in [0.5, 0.6) is 0 Å². The lowest BCUT2D eigenvalue weighted by Crippen LogP contribution is -2.25. The predicted octanol–water partition coefficient (Wildman–Crippen LogP) is 3.49. The molecule has 1 amide bonds. The maximum absolute atomic E-state index is 13.1. The number of hydrogen-bond acceptors (Lipinski definition) is 9. The number of thiazole rings is 1. The second-order valence-electron chi connectivity index (χ2n) is 8.30. The molecular weight excluding hydrogens is 478 g/mol. The quantitative estimate of drug-likeness (QED) is 0.298. The third kappa shape index (κ3) is 6.01. The molecule has 1 N–H and O–H groups in total. The molecule has 4 rings (SSSR count). The van der Waals surface area contributed by atoms with Gasteiger partial charge in [-0.2, -0.15) is 0 Å². The maximum atomic E-state index is 13.1. The summed E-state index contributed by atoms with van der Waals surface area (Å²) in [5.41, 5.74) is 0.965. The second-order valence-corrected chi connectivity index (χ2v) is 11.4. The molecule has 0 saturated heterocycles. The lowest BCUT2D eigenvalue weighted by atomic mass is 10.1. The van der Waals surface area contributed by atoms with Crippen LogP contribution in [0.2, 0.25) is 0 Å². The van der Waals surface area contributed by atoms with Crippen molar-refractivity contribution < 1.29 is 27.6 Å². The van der Waals surface area contributed by atoms with Gasteiger partial charge in [0.2, 0.25) is 0 Å². The summed E-state index contributed by atoms with van der Waals surface area (Å²) in [4.78, 5) is 34.9. The van der Waals surface area contributed by atoms with E-state index in [0.29, 0.717) is 29.2 Å². The van der Waals surface area contributed by atoms with Crippen LogP contribution in [0.1, 0.15) is 56.7 Å². The molecule has 1 heterocycles. The smallest absolute Gasteiger partial charge is 0.311 e. The highest BCUT2D eigenvalue weighted by molar-refractivity contribution is 7.92. The fourth-order valence-corrected chi connectivity index (χ4v) is 6.04. The molecule has 0 aliphatic heterocycles. The van der Waals surface area contributed by atoms with Crippen LogP contribution in [0.3, 0.4) is 0 Å². The van der Waals surface area contributed by atoms with Crippen molar-refractivity contribution in [2.24, 2.45) is 5.16 Å². The van der Waals surface area contributed by atoms with Gasteiger partial charge in [0.25, 0.3) is 5.91 Å². The highest BCUT2D eigenvalue weighted by atomic mass is 32.2. The number of nitrogens with one attached hydrogen (secondary N) is 1. The van der Waals surface area contributed by atoms with Crippen molar-refractivity contribution in [2.75, 3.05) is 11.9 Å². The molecule has 9 nitrogen and oxygen atoms in total. The van der Waals surface area contributed by atoms with Gasteiger partial charge in [0.15, 0.2) is 20.7 Å². The van der Waals surface area contributed by atoms with Gasteiger partial charge in [-0.15, -0.1) is 11.3 Å². The summed E-state index contributed by atoms with van der Waals surface area (Å²) in [7, 11) is -3.33. The molecule has 1 aromatic heterocycles. The van der Waals surface area contributed by atoms with Crippen molar-refractivity contribution in [2.45, 2.75) is 68.1 Å². The summed E-state index contributed by atoms with van der Waals surface area (Å²) < 4.78 is 29.9. The van der Waals surface area contributed by atoms with Crippen LogP contribution in [-0.4, -0.2) is 49.0 Å². The van der Waals surface area contributed by atoms with Gasteiger partial charge >= 0.3 is 5.97 Å². The Bertz CT molecular complexity index is 1160. The first-order valence-electron chi connectivity index (χ1n) is 11.4. The number of nitrogens with zero attached hydrogens (tertiary/aromatic N) is 2. The molecular formula is C23H27N3O6S2. The minimum Gasteiger partial charge on any atom is -0.466 e. The number of esters is 1. The van der Waals surface area contributed by atoms with Gasteiger partial charge in [0.1, 0.15) is 6.10 Å². The SMILES string of the molecule is CCOC(=O)Cc1csc(NC(=O)C(=NOC2CCCC2)c2ccc(S(=O)(=O)C3CC3)cc2)n1. The van der Waals surface area contributed by atoms with E-state index < -0.39 is 15.7 Å². The van der Waals surface area contributed by atoms with Crippen LogP contribution in [0.25, 0.3) is 0 Å². The minimum atomic E-state index is -3.33. The molecule has 2 saturated carbocycles. The van der Waals surface area contributed by atoms with Crippen molar-refractivity contribution in [1.29, 1.82) is 0 Å². The fourth-order valence-electron chi connectivity index (χ4n) is 3.68. The summed E-state index contributed by atoms with van der Waals surface area (Å²) in [5.74, 6) is -0.924. The summed E-state index contributed by atoms with van der Waals surface area (Å²) in [5, 5.41) is 8.53. The van der Waals surface area contributed by atoms with Gasteiger partial charge in [-0.1, -0.05) is 17.3 Å². The predicted molar refractivity (Wildman–Crippen MR) is 128 cm³/mol. The normalized spacial score (nSPS) is 16.9. The number of aromatic nitrogens is 1. The van der Waals surface area contributed by atoms with E-state index in [4.69, 9.17) is 9.57 Å². The molecule has 2 aromatic rings. The van der Waals surface area contributed by atoms with Gasteiger partial charge in [-0.25, -0.2) is 13.4 Å². The van der Waals surface area contributed by atoms with Crippen LogP contribution < -0.4 is 5.32 Å². The van der Waals surface area contributed by atoms with Crippen LogP contribution >= 0.6 is 11.3 Å². The maximum Gasteiger partial charge on any atom is 0.311 e. The van der Waals surface area contributed by atoms with Crippen LogP contribution in [0.4, 0.5) is 5.13 Å². The molecule has 0 radical (unpaired) electrons. The zero-order valence-electron chi connectivity index (χ0n) is 18.9. The van der Waals surface area contributed by atoms with Gasteiger partial charge in [0, 0.05) is 10.9 Å². The summed E-state index contributed by atoms with van der Waals surface area (Å²) in [6.07, 6.45) is 5.19. The zero-order valence-corrected chi connectivity index (χ0v) is 20.5. The van der Waals surface area contributed by atoms with Crippen molar-refractivity contribution in [3.8, 4) is 0 Å². The Kier molecular flexibility index (Phi) is 7.62. The van der Waals surface area contributed by atoms with Gasteiger partial charge in [-0.05, 0) is 57.6 Å². The minimum absolute atomic E-state index is 0.0167. The average Bonchev–Trinajstić information content (AvgIpc) is 3.40. The Balaban J connectivity index is 1.51. The highest BCUT2D eigenvalue weighted by Gasteiger charge is 2.36. The molecule has 34 heavy (non-hydrogen) atoms. The second kappa shape index (κ2) is 10.6. The van der Waals surface area contributed by atoms with Crippen molar-refractivity contribution in [3.05, 3.63) is 40.9 Å². The van der Waals surface area contributed by atoms with Crippen LogP contribution in [-0.2, 0) is 35.4 Å². The lowest BCUT2D eigenvalue weighted by molar-refractivity contribution is -0.142. The number of amides is 1. The van der Waals surface area contributed by atoms with Crippen LogP contribution in [0.15, 0.2) is 39.7 Å². The average molecular weight is 506 g/mol. The molecule has 2 aliphatic rings. The number of hydrogen-bond donors (Lipinski definition) is 1. The number of benzene rings is 1. The van der Waals surface area contributed by atoms with Crippen molar-refractivity contribution >= 4 is 43.9 Å². The first kappa shape index (κ1) is 24.3. The lowest BCUT2D eigenvalue weighted by Gasteiger charge is -2.11. The van der Waals surface area contributed by atoms with E-state index in [1.54, 1.807) is 24.4 Å². The molecule has 0 bridgehead atoms. The molecule has 2 aliphatic carbocycles. The summed E-state index contributed by atoms with van der Waals surface area (Å²) >= 11 is 1.18. The molecule has 0 unspecified atom stereocenters. The first-order valence-corrected chi connectivity index (χ1v) is 13.8. The van der Waals surface area contributed by atoms with E-state index in [2.05, 4.69) is 15.5 Å². The van der Waals surface area contributed by atoms with Gasteiger partial charge in [-0.3, -0.25) is 14.9 Å². The monoisotopic (exact) mass is 505 g/mol. The zero-order chi connectivity index (χ0) is 24.1. The Morgan fingerprint density at radius 3 is 2.50 bits per heavy atom. The van der Waals surface area contributed by atoms with E-state index in [-0.39, 0.29) is 41.0 Å². The molecule has 0 atom stereocenters. The van der Waals surface area contributed by atoms with E-state index in [0.717, 1.165) is 25.7 Å². The van der Waals surface area contributed by atoms with E-state index >= 15 is 0 Å². The standard InChI is InChI=1S/C23H27N3O6S2/c1-2-31-20(27)13-16-14-33-23(24-16)25-22(28)21(26-32-17-5-3-4-6-17)15-7-9-18(10-8-15)34(29,30)19-11-12-19/h7-10,14,17,19H,2-6,11-13H2,1H3,(H,24,25,28). The Labute approximate surface area is 202 Å². The number of carbonyl (C=O) groups is 2. The van der Waals surface area contributed by atoms with Gasteiger partial charge in [0.05, 0.1) is 28.9 Å². The number of anilines is 1. The first-order chi connectivity index (χ1) is 16.4. The molecule has 11 heteroatoms. The summed E-state index contributed by atoms with van der Waals surface area (Å²) in [6.45, 7) is 2.02. The van der Waals surface area contributed by atoms with Crippen LogP contribution in [0, 0.1) is 0 Å². The molecule has 2 fully saturated rings. The third-order valence-corrected chi connectivity index (χ3v) is 8.72. The molecule has 182 valence electrons. The van der Waals surface area contributed by atoms with E-state index in [9.17, 15) is 18.0 Å². The number of oxime groups is 1. The third-order valence-electron chi connectivity index (χ3n) is 5.63. The molecule has 1 aromatic carbocycles. The molecule has 0 spiro atoms. The number of sulfone groups is 1. The van der Waals surface area contributed by atoms with E-state index in [1.165, 1.54) is 23.5 Å². The Morgan fingerprint density at radius 2 is 1.85 bits per heavy atom. The van der Waals surface area contributed by atoms with Crippen molar-refractivity contribution in [1.82, 2.24) is 4.98 Å². The Hall–Kier alpha value is -2.79. The largest absolute Gasteiger partial charge is 0.466 e. The van der Waals surface area contributed by atoms with Gasteiger partial charge < -0.3 is 9.57 Å². The van der Waals surface area contributed by atoms with E-state index in [1.807, 2.05) is 0 Å². The fraction of sp³-hybridized carbons (Fsp3) is 0.478. The van der Waals surface area contributed by atoms with Crippen molar-refractivity contribution in [3.63, 3.8) is 0 Å².